The van der Waals surface area contributed by atoms with Crippen molar-refractivity contribution in [1.29, 1.82) is 0 Å². The van der Waals surface area contributed by atoms with Gasteiger partial charge in [0, 0.05) is 6.54 Å². The molecular weight excluding hydrogens is 399 g/mol. The summed E-state index contributed by atoms with van der Waals surface area (Å²) in [5.41, 5.74) is -2.30. The zero-order valence-corrected chi connectivity index (χ0v) is 15.3. The molecular formula is C17H16F3N3O4S. The normalized spacial score (nSPS) is 11.8. The molecule has 0 amide bonds. The smallest absolute Gasteiger partial charge is 0.316 e. The Labute approximate surface area is 157 Å². The van der Waals surface area contributed by atoms with Crippen molar-refractivity contribution in [3.8, 4) is 0 Å². The molecule has 3 N–H and O–H groups in total. The van der Waals surface area contributed by atoms with Crippen molar-refractivity contribution in [2.75, 3.05) is 0 Å². The van der Waals surface area contributed by atoms with Crippen LogP contribution >= 0.6 is 0 Å². The van der Waals surface area contributed by atoms with Gasteiger partial charge in [-0.1, -0.05) is 18.2 Å². The number of benzene rings is 2. The Balaban J connectivity index is 0.000000237. The minimum absolute atomic E-state index is 0.00345. The van der Waals surface area contributed by atoms with Crippen LogP contribution in [-0.4, -0.2) is 18.0 Å². The van der Waals surface area contributed by atoms with E-state index in [9.17, 15) is 31.2 Å². The number of aromatic amines is 1. The van der Waals surface area contributed by atoms with Gasteiger partial charge in [-0.3, -0.25) is 9.59 Å². The maximum atomic E-state index is 12.5. The fourth-order valence-corrected chi connectivity index (χ4v) is 2.92. The van der Waals surface area contributed by atoms with Crippen molar-refractivity contribution < 1.29 is 21.6 Å². The van der Waals surface area contributed by atoms with Crippen LogP contribution in [0, 0.1) is 0 Å². The maximum absolute atomic E-state index is 12.5. The average molecular weight is 415 g/mol. The highest BCUT2D eigenvalue weighted by Gasteiger charge is 2.30. The third-order valence-corrected chi connectivity index (χ3v) is 4.62. The van der Waals surface area contributed by atoms with E-state index >= 15 is 0 Å². The van der Waals surface area contributed by atoms with Crippen molar-refractivity contribution in [3.05, 3.63) is 74.8 Å². The zero-order valence-electron chi connectivity index (χ0n) is 14.5. The number of H-pyrrole nitrogens is 1. The number of nitrogens with zero attached hydrogens (tertiary/aromatic N) is 1. The first-order valence-electron chi connectivity index (χ1n) is 7.87. The van der Waals surface area contributed by atoms with Crippen LogP contribution in [0.5, 0.6) is 0 Å². The number of nitrogens with one attached hydrogen (secondary N) is 1. The van der Waals surface area contributed by atoms with Gasteiger partial charge in [-0.05, 0) is 37.3 Å². The van der Waals surface area contributed by atoms with Crippen LogP contribution in [-0.2, 0) is 22.7 Å². The summed E-state index contributed by atoms with van der Waals surface area (Å²) in [5, 5.41) is 4.83. The Morgan fingerprint density at radius 2 is 1.68 bits per heavy atom. The predicted octanol–water partition coefficient (Wildman–Crippen LogP) is 2.06. The lowest BCUT2D eigenvalue weighted by Crippen LogP contribution is -2.36. The highest BCUT2D eigenvalue weighted by Crippen LogP contribution is 2.30. The minimum atomic E-state index is -4.49. The number of sulfonamides is 1. The predicted molar refractivity (Wildman–Crippen MR) is 97.3 cm³/mol. The van der Waals surface area contributed by atoms with E-state index in [1.807, 2.05) is 0 Å². The van der Waals surface area contributed by atoms with Crippen molar-refractivity contribution >= 4 is 21.1 Å². The first-order valence-corrected chi connectivity index (χ1v) is 9.41. The maximum Gasteiger partial charge on any atom is 0.416 e. The summed E-state index contributed by atoms with van der Waals surface area (Å²) in [4.78, 5) is 25.1. The SMILES string of the molecule is CCn1c(=O)c(=O)[nH]c2cc(C(F)(F)F)ccc21.NS(=O)(=O)c1ccccc1. The van der Waals surface area contributed by atoms with Gasteiger partial charge in [-0.25, -0.2) is 13.6 Å². The molecule has 1 heterocycles. The summed E-state index contributed by atoms with van der Waals surface area (Å²) in [5.74, 6) is 0. The fourth-order valence-electron chi connectivity index (χ4n) is 2.38. The van der Waals surface area contributed by atoms with Gasteiger partial charge < -0.3 is 9.55 Å². The van der Waals surface area contributed by atoms with E-state index in [2.05, 4.69) is 4.98 Å². The molecule has 2 aromatic carbocycles. The van der Waals surface area contributed by atoms with Crippen LogP contribution in [0.25, 0.3) is 11.0 Å². The molecule has 0 aliphatic carbocycles. The lowest BCUT2D eigenvalue weighted by molar-refractivity contribution is -0.137. The molecule has 0 fully saturated rings. The van der Waals surface area contributed by atoms with E-state index in [1.165, 1.54) is 18.2 Å². The monoisotopic (exact) mass is 415 g/mol. The zero-order chi connectivity index (χ0) is 21.1. The van der Waals surface area contributed by atoms with Crippen molar-refractivity contribution in [3.63, 3.8) is 0 Å². The molecule has 0 bridgehead atoms. The van der Waals surface area contributed by atoms with Gasteiger partial charge in [0.25, 0.3) is 0 Å². The van der Waals surface area contributed by atoms with E-state index < -0.39 is 32.9 Å². The van der Waals surface area contributed by atoms with E-state index in [0.29, 0.717) is 0 Å². The molecule has 0 aliphatic heterocycles. The Morgan fingerprint density at radius 3 is 2.14 bits per heavy atom. The number of halogens is 3. The largest absolute Gasteiger partial charge is 0.416 e. The molecule has 3 rings (SSSR count). The number of aryl methyl sites for hydroxylation is 1. The molecule has 0 unspecified atom stereocenters. The summed E-state index contributed by atoms with van der Waals surface area (Å²) in [6.45, 7) is 1.85. The molecule has 11 heteroatoms. The van der Waals surface area contributed by atoms with Gasteiger partial charge in [-0.2, -0.15) is 13.2 Å². The molecule has 1 aromatic heterocycles. The van der Waals surface area contributed by atoms with Crippen LogP contribution in [0.1, 0.15) is 12.5 Å². The number of rotatable bonds is 2. The molecule has 3 aromatic rings. The number of nitrogens with two attached hydrogens (primary N) is 1. The molecule has 0 saturated carbocycles. The second-order valence-electron chi connectivity index (χ2n) is 5.59. The Kier molecular flexibility index (Phi) is 6.10. The molecule has 0 saturated heterocycles. The number of alkyl halides is 3. The van der Waals surface area contributed by atoms with Crippen LogP contribution in [0.3, 0.4) is 0 Å². The fraction of sp³-hybridized carbons (Fsp3) is 0.176. The average Bonchev–Trinajstić information content (AvgIpc) is 2.62. The molecule has 0 radical (unpaired) electrons. The Bertz CT molecular complexity index is 1200. The van der Waals surface area contributed by atoms with Crippen molar-refractivity contribution in [2.45, 2.75) is 24.5 Å². The quantitative estimate of drug-likeness (QED) is 0.624. The Hall–Kier alpha value is -2.92. The van der Waals surface area contributed by atoms with Crippen LogP contribution in [0.2, 0.25) is 0 Å². The second kappa shape index (κ2) is 7.98. The third kappa shape index (κ3) is 4.87. The van der Waals surface area contributed by atoms with Gasteiger partial charge in [-0.15, -0.1) is 0 Å². The summed E-state index contributed by atoms with van der Waals surface area (Å²) in [7, 11) is -3.50. The van der Waals surface area contributed by atoms with Gasteiger partial charge in [0.2, 0.25) is 10.0 Å². The summed E-state index contributed by atoms with van der Waals surface area (Å²) in [6, 6.07) is 10.8. The van der Waals surface area contributed by atoms with Crippen LogP contribution < -0.4 is 16.3 Å². The number of hydrogen-bond donors (Lipinski definition) is 2. The second-order valence-corrected chi connectivity index (χ2v) is 7.15. The van der Waals surface area contributed by atoms with E-state index in [4.69, 9.17) is 5.14 Å². The van der Waals surface area contributed by atoms with Crippen LogP contribution in [0.4, 0.5) is 13.2 Å². The number of hydrogen-bond acceptors (Lipinski definition) is 4. The number of aromatic nitrogens is 2. The summed E-state index contributed by atoms with van der Waals surface area (Å²) in [6.07, 6.45) is -4.49. The standard InChI is InChI=1S/C11H9F3N2O2.C6H7NO2S/c1-2-16-8-4-3-6(11(12,13)14)5-7(8)15-9(17)10(16)18;7-10(8,9)6-4-2-1-3-5-6/h3-5H,2H2,1H3,(H,15,17);1-5H,(H2,7,8,9). The van der Waals surface area contributed by atoms with Crippen molar-refractivity contribution in [1.82, 2.24) is 9.55 Å². The lowest BCUT2D eigenvalue weighted by Gasteiger charge is -2.10. The van der Waals surface area contributed by atoms with Gasteiger partial charge in [0.15, 0.2) is 0 Å². The topological polar surface area (TPSA) is 115 Å². The van der Waals surface area contributed by atoms with Gasteiger partial charge in [0.1, 0.15) is 0 Å². The highest BCUT2D eigenvalue weighted by molar-refractivity contribution is 7.89. The van der Waals surface area contributed by atoms with Crippen LogP contribution in [0.15, 0.2) is 63.0 Å². The number of primary sulfonamides is 1. The third-order valence-electron chi connectivity index (χ3n) is 3.69. The Morgan fingerprint density at radius 1 is 1.07 bits per heavy atom. The van der Waals surface area contributed by atoms with Crippen molar-refractivity contribution in [2.24, 2.45) is 5.14 Å². The summed E-state index contributed by atoms with van der Waals surface area (Å²) >= 11 is 0. The first kappa shape index (κ1) is 21.4. The molecule has 0 spiro atoms. The molecule has 0 atom stereocenters. The summed E-state index contributed by atoms with van der Waals surface area (Å²) < 4.78 is 59.9. The number of fused-ring (bicyclic) bond motifs is 1. The lowest BCUT2D eigenvalue weighted by atomic mass is 10.2. The minimum Gasteiger partial charge on any atom is -0.316 e. The van der Waals surface area contributed by atoms with E-state index in [1.54, 1.807) is 25.1 Å². The van der Waals surface area contributed by atoms with E-state index in [0.717, 1.165) is 16.7 Å². The van der Waals surface area contributed by atoms with E-state index in [-0.39, 0.29) is 22.5 Å². The van der Waals surface area contributed by atoms with Gasteiger partial charge in [0.05, 0.1) is 21.5 Å². The molecule has 28 heavy (non-hydrogen) atoms. The molecule has 150 valence electrons. The molecule has 7 nitrogen and oxygen atoms in total. The highest BCUT2D eigenvalue weighted by atomic mass is 32.2. The van der Waals surface area contributed by atoms with Gasteiger partial charge >= 0.3 is 17.3 Å². The first-order chi connectivity index (χ1) is 12.9. The molecule has 0 aliphatic rings.